The van der Waals surface area contributed by atoms with E-state index in [0.717, 1.165) is 38.6 Å². The van der Waals surface area contributed by atoms with Crippen molar-refractivity contribution in [3.8, 4) is 0 Å². The minimum absolute atomic E-state index is 0.367. The molecule has 0 saturated heterocycles. The van der Waals surface area contributed by atoms with E-state index in [9.17, 15) is 4.79 Å². The van der Waals surface area contributed by atoms with E-state index < -0.39 is 0 Å². The number of aromatic amines is 2. The summed E-state index contributed by atoms with van der Waals surface area (Å²) < 4.78 is 4.84. The van der Waals surface area contributed by atoms with Crippen LogP contribution in [0.25, 0.3) is 21.8 Å². The molecule has 3 aromatic carbocycles. The van der Waals surface area contributed by atoms with Gasteiger partial charge >= 0.3 is 5.97 Å². The van der Waals surface area contributed by atoms with Gasteiger partial charge in [-0.05, 0) is 60.0 Å². The normalized spacial score (nSPS) is 10.6. The number of benzene rings is 3. The number of ether oxygens (including phenoxy) is 1. The molecule has 0 atom stereocenters. The molecule has 0 spiro atoms. The third kappa shape index (κ3) is 4.42. The van der Waals surface area contributed by atoms with Crippen LogP contribution < -0.4 is 5.73 Å². The molecule has 0 fully saturated rings. The van der Waals surface area contributed by atoms with Crippen LogP contribution in [0.1, 0.15) is 21.5 Å². The van der Waals surface area contributed by atoms with Gasteiger partial charge in [-0.1, -0.05) is 35.9 Å². The molecule has 0 amide bonds. The van der Waals surface area contributed by atoms with Crippen molar-refractivity contribution in [1.29, 1.82) is 0 Å². The molecule has 0 radical (unpaired) electrons. The minimum atomic E-state index is -0.367. The molecular weight excluding hydrogens is 410 g/mol. The number of fused-ring (bicyclic) bond motifs is 2. The number of nitrogens with one attached hydrogen (secondary N) is 2. The van der Waals surface area contributed by atoms with Gasteiger partial charge in [0.25, 0.3) is 0 Å². The fourth-order valence-corrected chi connectivity index (χ4v) is 3.79. The van der Waals surface area contributed by atoms with Crippen molar-refractivity contribution >= 4 is 45.1 Å². The second kappa shape index (κ2) is 8.98. The molecule has 5 rings (SSSR count). The second-order valence-corrected chi connectivity index (χ2v) is 7.55. The van der Waals surface area contributed by atoms with Crippen LogP contribution in [0.15, 0.2) is 79.1 Å². The fraction of sp³-hybridized carbons (Fsp3) is 0.0800. The third-order valence-electron chi connectivity index (χ3n) is 5.17. The number of carbonyl (C=O) groups is 1. The lowest BCUT2D eigenvalue weighted by molar-refractivity contribution is 0.0599. The lowest BCUT2D eigenvalue weighted by Gasteiger charge is -2.09. The van der Waals surface area contributed by atoms with Crippen molar-refractivity contribution < 1.29 is 9.53 Å². The van der Waals surface area contributed by atoms with E-state index in [-0.39, 0.29) is 5.97 Å². The molecule has 2 heterocycles. The molecule has 0 saturated carbocycles. The highest BCUT2D eigenvalue weighted by molar-refractivity contribution is 6.31. The van der Waals surface area contributed by atoms with Gasteiger partial charge in [-0.15, -0.1) is 0 Å². The number of nitrogen functional groups attached to an aromatic ring is 1. The van der Waals surface area contributed by atoms with Gasteiger partial charge in [0.15, 0.2) is 0 Å². The van der Waals surface area contributed by atoms with E-state index in [1.165, 1.54) is 7.11 Å². The number of esters is 1. The number of nitrogens with two attached hydrogens (primary N) is 1. The van der Waals surface area contributed by atoms with Gasteiger partial charge in [-0.2, -0.15) is 0 Å². The number of halogens is 1. The maximum absolute atomic E-state index is 11.9. The summed E-state index contributed by atoms with van der Waals surface area (Å²) in [4.78, 5) is 18.2. The summed E-state index contributed by atoms with van der Waals surface area (Å²) >= 11 is 5.99. The topological polar surface area (TPSA) is 83.9 Å². The summed E-state index contributed by atoms with van der Waals surface area (Å²) in [5, 5.41) is 2.78. The van der Waals surface area contributed by atoms with Gasteiger partial charge in [0.1, 0.15) is 0 Å². The number of H-pyrrole nitrogens is 2. The van der Waals surface area contributed by atoms with Gasteiger partial charge < -0.3 is 20.4 Å². The Balaban J connectivity index is 0.000000192. The van der Waals surface area contributed by atoms with E-state index in [0.29, 0.717) is 17.0 Å². The van der Waals surface area contributed by atoms with Crippen LogP contribution >= 0.6 is 11.6 Å². The molecule has 0 unspecified atom stereocenters. The summed E-state index contributed by atoms with van der Waals surface area (Å²) in [5.41, 5.74) is 11.3. The first-order chi connectivity index (χ1) is 15.1. The number of carbonyl (C=O) groups excluding carboxylic acids is 1. The van der Waals surface area contributed by atoms with Gasteiger partial charge in [-0.3, -0.25) is 0 Å². The Hall–Kier alpha value is -3.70. The monoisotopic (exact) mass is 431 g/mol. The Bertz CT molecular complexity index is 1350. The number of hydrogen-bond donors (Lipinski definition) is 3. The molecule has 6 heteroatoms. The molecule has 31 heavy (non-hydrogen) atoms. The van der Waals surface area contributed by atoms with E-state index >= 15 is 0 Å². The molecule has 0 aliphatic rings. The molecule has 5 aromatic rings. The predicted octanol–water partition coefficient (Wildman–Crippen LogP) is 5.95. The number of hydrogen-bond acceptors (Lipinski definition) is 3. The Morgan fingerprint density at radius 3 is 2.29 bits per heavy atom. The van der Waals surface area contributed by atoms with Gasteiger partial charge in [-0.25, -0.2) is 4.79 Å². The van der Waals surface area contributed by atoms with Gasteiger partial charge in [0, 0.05) is 44.9 Å². The minimum Gasteiger partial charge on any atom is -0.465 e. The number of aromatic nitrogens is 2. The van der Waals surface area contributed by atoms with Gasteiger partial charge in [0.05, 0.1) is 12.7 Å². The summed E-state index contributed by atoms with van der Waals surface area (Å²) in [6, 6.07) is 21.3. The van der Waals surface area contributed by atoms with E-state index in [1.807, 2.05) is 60.9 Å². The highest BCUT2D eigenvalue weighted by Gasteiger charge is 2.14. The zero-order chi connectivity index (χ0) is 21.8. The summed E-state index contributed by atoms with van der Waals surface area (Å²) in [6.45, 7) is 0. The molecule has 2 aromatic heterocycles. The second-order valence-electron chi connectivity index (χ2n) is 7.11. The largest absolute Gasteiger partial charge is 0.465 e. The molecule has 156 valence electrons. The van der Waals surface area contributed by atoms with Crippen molar-refractivity contribution in [3.63, 3.8) is 0 Å². The molecule has 4 N–H and O–H groups in total. The van der Waals surface area contributed by atoms with Gasteiger partial charge in [0.2, 0.25) is 0 Å². The molecule has 0 bridgehead atoms. The molecule has 0 aliphatic heterocycles. The SMILES string of the molecule is COC(=O)c1cc(Cl)ccc1Cc1cccc2[nH]ccc12.Nc1cccc2[nH]ccc12. The fourth-order valence-electron chi connectivity index (χ4n) is 3.62. The standard InChI is InChI=1S/C17H14ClNO2.C8H8N2/c1-21-17(20)15-10-13(18)6-5-12(15)9-11-3-2-4-16-14(11)7-8-19-16;9-7-2-1-3-8-6(7)4-5-10-8/h2-8,10,19H,9H2,1H3;1-5,10H,9H2. The molecule has 0 aliphatic carbocycles. The molecule has 5 nitrogen and oxygen atoms in total. The van der Waals surface area contributed by atoms with Crippen LogP contribution in [0.3, 0.4) is 0 Å². The first kappa shape index (κ1) is 20.6. The predicted molar refractivity (Wildman–Crippen MR) is 127 cm³/mol. The smallest absolute Gasteiger partial charge is 0.338 e. The van der Waals surface area contributed by atoms with Crippen LogP contribution in [-0.2, 0) is 11.2 Å². The zero-order valence-electron chi connectivity index (χ0n) is 17.0. The highest BCUT2D eigenvalue weighted by Crippen LogP contribution is 2.24. The zero-order valence-corrected chi connectivity index (χ0v) is 17.7. The van der Waals surface area contributed by atoms with Crippen LogP contribution in [0.4, 0.5) is 5.69 Å². The summed E-state index contributed by atoms with van der Waals surface area (Å²) in [7, 11) is 1.37. The average molecular weight is 432 g/mol. The number of rotatable bonds is 3. The Kier molecular flexibility index (Phi) is 5.96. The maximum Gasteiger partial charge on any atom is 0.338 e. The maximum atomic E-state index is 11.9. The summed E-state index contributed by atoms with van der Waals surface area (Å²) in [6.07, 6.45) is 4.45. The van der Waals surface area contributed by atoms with E-state index in [2.05, 4.69) is 16.0 Å². The van der Waals surface area contributed by atoms with Crippen molar-refractivity contribution in [2.45, 2.75) is 6.42 Å². The van der Waals surface area contributed by atoms with Crippen LogP contribution in [0, 0.1) is 0 Å². The van der Waals surface area contributed by atoms with Crippen molar-refractivity contribution in [1.82, 2.24) is 9.97 Å². The highest BCUT2D eigenvalue weighted by atomic mass is 35.5. The number of methoxy groups -OCH3 is 1. The molecular formula is C25H22ClN3O2. The van der Waals surface area contributed by atoms with E-state index in [1.54, 1.807) is 12.1 Å². The third-order valence-corrected chi connectivity index (χ3v) is 5.41. The van der Waals surface area contributed by atoms with Crippen LogP contribution in [0.5, 0.6) is 0 Å². The lowest BCUT2D eigenvalue weighted by atomic mass is 9.97. The average Bonchev–Trinajstić information content (AvgIpc) is 3.45. The first-order valence-electron chi connectivity index (χ1n) is 9.80. The van der Waals surface area contributed by atoms with Crippen LogP contribution in [-0.4, -0.2) is 23.0 Å². The Labute approximate surface area is 184 Å². The van der Waals surface area contributed by atoms with Crippen LogP contribution in [0.2, 0.25) is 5.02 Å². The Morgan fingerprint density at radius 2 is 1.58 bits per heavy atom. The van der Waals surface area contributed by atoms with Crippen molar-refractivity contribution in [2.24, 2.45) is 0 Å². The van der Waals surface area contributed by atoms with Crippen molar-refractivity contribution in [2.75, 3.05) is 12.8 Å². The number of anilines is 1. The summed E-state index contributed by atoms with van der Waals surface area (Å²) in [5.74, 6) is -0.367. The van der Waals surface area contributed by atoms with E-state index in [4.69, 9.17) is 22.1 Å². The first-order valence-corrected chi connectivity index (χ1v) is 10.2. The quantitative estimate of drug-likeness (QED) is 0.244. The Morgan fingerprint density at radius 1 is 0.903 bits per heavy atom. The van der Waals surface area contributed by atoms with Crippen molar-refractivity contribution in [3.05, 3.63) is 101 Å². The lowest BCUT2D eigenvalue weighted by Crippen LogP contribution is -2.06.